The largest absolute Gasteiger partial charge is 0.465 e. The highest BCUT2D eigenvalue weighted by molar-refractivity contribution is 9.10. The first kappa shape index (κ1) is 32.0. The SMILES string of the molecule is CCOC(=O)CNC(=O)C(=O)C(COCc1ccccc1)NC(=O)[C@H](CC1CCCCC1)NC(=O)c1ccc(Br)o1. The number of amides is 3. The number of rotatable bonds is 15. The van der Waals surface area contributed by atoms with E-state index in [0.717, 1.165) is 37.7 Å². The van der Waals surface area contributed by atoms with E-state index in [9.17, 15) is 24.0 Å². The molecular weight excluding hydrogens is 598 g/mol. The Kier molecular flexibility index (Phi) is 13.0. The van der Waals surface area contributed by atoms with Gasteiger partial charge in [0.1, 0.15) is 18.6 Å². The fourth-order valence-corrected chi connectivity index (χ4v) is 4.89. The summed E-state index contributed by atoms with van der Waals surface area (Å²) < 4.78 is 16.2. The van der Waals surface area contributed by atoms with Crippen LogP contribution in [0.15, 0.2) is 51.6 Å². The number of ether oxygens (including phenoxy) is 2. The van der Waals surface area contributed by atoms with Crippen LogP contribution in [-0.4, -0.2) is 61.3 Å². The minimum Gasteiger partial charge on any atom is -0.465 e. The number of esters is 1. The summed E-state index contributed by atoms with van der Waals surface area (Å²) in [5.41, 5.74) is 0.837. The molecule has 41 heavy (non-hydrogen) atoms. The lowest BCUT2D eigenvalue weighted by Gasteiger charge is -2.27. The van der Waals surface area contributed by atoms with Crippen molar-refractivity contribution < 1.29 is 37.9 Å². The number of nitrogens with one attached hydrogen (secondary N) is 3. The normalized spacial score (nSPS) is 14.9. The number of Topliss-reactive ketones (excluding diaryl/α,β-unsaturated/α-hetero) is 1. The Labute approximate surface area is 247 Å². The molecule has 1 heterocycles. The third-order valence-electron chi connectivity index (χ3n) is 6.66. The molecule has 0 spiro atoms. The molecule has 1 saturated carbocycles. The lowest BCUT2D eigenvalue weighted by molar-refractivity contribution is -0.146. The first-order valence-corrected chi connectivity index (χ1v) is 14.5. The molecule has 1 unspecified atom stereocenters. The van der Waals surface area contributed by atoms with E-state index in [1.54, 1.807) is 13.0 Å². The van der Waals surface area contributed by atoms with Crippen LogP contribution >= 0.6 is 15.9 Å². The molecule has 1 aromatic carbocycles. The summed E-state index contributed by atoms with van der Waals surface area (Å²) >= 11 is 3.16. The Hall–Kier alpha value is -3.51. The number of benzene rings is 1. The molecule has 2 aromatic rings. The van der Waals surface area contributed by atoms with Gasteiger partial charge in [-0.2, -0.15) is 0 Å². The maximum absolute atomic E-state index is 13.5. The minimum absolute atomic E-state index is 0.0236. The lowest BCUT2D eigenvalue weighted by Crippen LogP contribution is -2.56. The third-order valence-corrected chi connectivity index (χ3v) is 7.09. The van der Waals surface area contributed by atoms with E-state index in [0.29, 0.717) is 11.1 Å². The van der Waals surface area contributed by atoms with Gasteiger partial charge in [-0.1, -0.05) is 62.4 Å². The molecule has 1 aliphatic carbocycles. The quantitative estimate of drug-likeness (QED) is 0.200. The second-order valence-corrected chi connectivity index (χ2v) is 10.6. The van der Waals surface area contributed by atoms with Crippen LogP contribution in [0.25, 0.3) is 0 Å². The van der Waals surface area contributed by atoms with Crippen LogP contribution in [0.4, 0.5) is 0 Å². The van der Waals surface area contributed by atoms with Gasteiger partial charge in [-0.25, -0.2) is 0 Å². The van der Waals surface area contributed by atoms with Crippen molar-refractivity contribution in [3.05, 3.63) is 58.5 Å². The van der Waals surface area contributed by atoms with Crippen molar-refractivity contribution in [2.45, 2.75) is 64.1 Å². The third kappa shape index (κ3) is 10.8. The predicted octanol–water partition coefficient (Wildman–Crippen LogP) is 3.06. The fraction of sp³-hybridized carbons (Fsp3) is 0.483. The predicted molar refractivity (Wildman–Crippen MR) is 152 cm³/mol. The first-order valence-electron chi connectivity index (χ1n) is 13.7. The van der Waals surface area contributed by atoms with Gasteiger partial charge in [0.2, 0.25) is 11.7 Å². The number of hydrogen-bond donors (Lipinski definition) is 3. The molecule has 3 N–H and O–H groups in total. The van der Waals surface area contributed by atoms with E-state index in [1.807, 2.05) is 30.3 Å². The first-order chi connectivity index (χ1) is 19.8. The second-order valence-electron chi connectivity index (χ2n) is 9.78. The van der Waals surface area contributed by atoms with Crippen LogP contribution in [0, 0.1) is 5.92 Å². The maximum Gasteiger partial charge on any atom is 0.325 e. The minimum atomic E-state index is -1.36. The molecule has 11 nitrogen and oxygen atoms in total. The van der Waals surface area contributed by atoms with Gasteiger partial charge >= 0.3 is 5.97 Å². The number of furan rings is 1. The molecule has 0 saturated heterocycles. The van der Waals surface area contributed by atoms with Gasteiger partial charge < -0.3 is 29.8 Å². The molecule has 222 valence electrons. The van der Waals surface area contributed by atoms with Crippen LogP contribution in [0.3, 0.4) is 0 Å². The van der Waals surface area contributed by atoms with E-state index in [1.165, 1.54) is 6.07 Å². The van der Waals surface area contributed by atoms with Crippen molar-refractivity contribution in [1.29, 1.82) is 0 Å². The van der Waals surface area contributed by atoms with E-state index in [-0.39, 0.29) is 31.5 Å². The van der Waals surface area contributed by atoms with Crippen molar-refractivity contribution in [3.8, 4) is 0 Å². The molecular formula is C29H36BrN3O8. The monoisotopic (exact) mass is 633 g/mol. The molecule has 0 bridgehead atoms. The number of carbonyl (C=O) groups is 5. The van der Waals surface area contributed by atoms with Crippen molar-refractivity contribution in [3.63, 3.8) is 0 Å². The van der Waals surface area contributed by atoms with Gasteiger partial charge in [0.15, 0.2) is 10.4 Å². The zero-order valence-corrected chi connectivity index (χ0v) is 24.6. The molecule has 3 amide bonds. The highest BCUT2D eigenvalue weighted by Crippen LogP contribution is 2.27. The van der Waals surface area contributed by atoms with Crippen LogP contribution in [0.1, 0.15) is 61.6 Å². The Bertz CT molecular complexity index is 1180. The maximum atomic E-state index is 13.5. The van der Waals surface area contributed by atoms with E-state index < -0.39 is 48.1 Å². The van der Waals surface area contributed by atoms with Gasteiger partial charge in [0, 0.05) is 0 Å². The average molecular weight is 635 g/mol. The molecule has 12 heteroatoms. The Morgan fingerprint density at radius 1 is 0.976 bits per heavy atom. The van der Waals surface area contributed by atoms with Crippen LogP contribution < -0.4 is 16.0 Å². The van der Waals surface area contributed by atoms with E-state index in [4.69, 9.17) is 13.9 Å². The second kappa shape index (κ2) is 16.7. The smallest absolute Gasteiger partial charge is 0.325 e. The summed E-state index contributed by atoms with van der Waals surface area (Å²) in [6.45, 7) is 1.08. The van der Waals surface area contributed by atoms with Crippen molar-refractivity contribution in [2.24, 2.45) is 5.92 Å². The molecule has 3 rings (SSSR count). The molecule has 0 aliphatic heterocycles. The van der Waals surface area contributed by atoms with Gasteiger partial charge in [-0.3, -0.25) is 24.0 Å². The number of ketones is 1. The lowest BCUT2D eigenvalue weighted by atomic mass is 9.84. The Morgan fingerprint density at radius 2 is 1.71 bits per heavy atom. The zero-order chi connectivity index (χ0) is 29.6. The summed E-state index contributed by atoms with van der Waals surface area (Å²) in [5, 5.41) is 7.55. The van der Waals surface area contributed by atoms with E-state index >= 15 is 0 Å². The standard InChI is InChI=1S/C29H36BrN3O8/c1-2-40-25(34)16-31-29(38)26(35)22(18-39-17-20-11-7-4-8-12-20)33-27(36)21(15-19-9-5-3-6-10-19)32-28(37)23-13-14-24(30)41-23/h4,7-8,11-14,19,21-22H,2-3,5-6,9-10,15-18H2,1H3,(H,31,38)(H,32,37)(H,33,36)/t21-,22?/m0/s1. The van der Waals surface area contributed by atoms with Crippen LogP contribution in [0.5, 0.6) is 0 Å². The summed E-state index contributed by atoms with van der Waals surface area (Å²) in [6, 6.07) is 9.90. The highest BCUT2D eigenvalue weighted by Gasteiger charge is 2.33. The molecule has 1 aliphatic rings. The topological polar surface area (TPSA) is 153 Å². The number of halogens is 1. The summed E-state index contributed by atoms with van der Waals surface area (Å²) in [6.07, 6.45) is 5.40. The van der Waals surface area contributed by atoms with Crippen LogP contribution in [0.2, 0.25) is 0 Å². The van der Waals surface area contributed by atoms with Crippen molar-refractivity contribution >= 4 is 45.4 Å². The van der Waals surface area contributed by atoms with Gasteiger partial charge in [-0.05, 0) is 52.9 Å². The van der Waals surface area contributed by atoms with E-state index in [2.05, 4.69) is 31.9 Å². The van der Waals surface area contributed by atoms with Gasteiger partial charge in [0.25, 0.3) is 11.8 Å². The Morgan fingerprint density at radius 3 is 2.37 bits per heavy atom. The van der Waals surface area contributed by atoms with Gasteiger partial charge in [0.05, 0.1) is 19.8 Å². The molecule has 2 atom stereocenters. The Balaban J connectivity index is 1.73. The van der Waals surface area contributed by atoms with Crippen molar-refractivity contribution in [1.82, 2.24) is 16.0 Å². The summed E-state index contributed by atoms with van der Waals surface area (Å²) in [7, 11) is 0. The summed E-state index contributed by atoms with van der Waals surface area (Å²) in [4.78, 5) is 63.7. The summed E-state index contributed by atoms with van der Waals surface area (Å²) in [5.74, 6) is -3.74. The zero-order valence-electron chi connectivity index (χ0n) is 23.0. The average Bonchev–Trinajstić information content (AvgIpc) is 3.42. The molecule has 1 aromatic heterocycles. The van der Waals surface area contributed by atoms with Crippen molar-refractivity contribution in [2.75, 3.05) is 19.8 Å². The molecule has 0 radical (unpaired) electrons. The molecule has 1 fully saturated rings. The van der Waals surface area contributed by atoms with Crippen LogP contribution in [-0.2, 0) is 35.3 Å². The fourth-order valence-electron chi connectivity index (χ4n) is 4.59. The number of hydrogen-bond acceptors (Lipinski definition) is 8. The van der Waals surface area contributed by atoms with Gasteiger partial charge in [-0.15, -0.1) is 0 Å². The number of carbonyl (C=O) groups excluding carboxylic acids is 5. The highest BCUT2D eigenvalue weighted by atomic mass is 79.9.